The molecular weight excluding hydrogens is 791 g/mol. The molecule has 4 saturated heterocycles. The van der Waals surface area contributed by atoms with Crippen LogP contribution >= 0.6 is 23.0 Å². The summed E-state index contributed by atoms with van der Waals surface area (Å²) in [5.41, 5.74) is -1.59. The largest absolute Gasteiger partial charge is 0.392 e. The second-order valence-electron chi connectivity index (χ2n) is 18.0. The van der Waals surface area contributed by atoms with Crippen molar-refractivity contribution >= 4 is 28.8 Å². The molecule has 0 radical (unpaired) electrons. The van der Waals surface area contributed by atoms with Gasteiger partial charge in [-0.1, -0.05) is 55.4 Å². The van der Waals surface area contributed by atoms with E-state index < -0.39 is 52.9 Å². The number of aliphatic hydroxyl groups is 3. The molecule has 5 aliphatic rings. The van der Waals surface area contributed by atoms with E-state index >= 15 is 0 Å². The number of Topliss-reactive ketones (excluding diaryl/α,β-unsaturated/α-hetero) is 1. The first-order chi connectivity index (χ1) is 24.9. The van der Waals surface area contributed by atoms with Gasteiger partial charge in [-0.15, -0.1) is 0 Å². The highest BCUT2D eigenvalue weighted by Crippen LogP contribution is 2.54. The molecule has 306 valence electrons. The van der Waals surface area contributed by atoms with E-state index in [1.165, 1.54) is 0 Å². The molecule has 11 heteroatoms. The third-order valence-corrected chi connectivity index (χ3v) is 14.9. The number of halogens is 1. The van der Waals surface area contributed by atoms with Gasteiger partial charge in [-0.05, 0) is 95.6 Å². The zero-order chi connectivity index (χ0) is 39.1. The van der Waals surface area contributed by atoms with E-state index in [0.29, 0.717) is 51.0 Å². The molecule has 4 fully saturated rings. The maximum atomic E-state index is 14.5. The van der Waals surface area contributed by atoms with Gasteiger partial charge in [0, 0.05) is 36.0 Å². The van der Waals surface area contributed by atoms with Crippen molar-refractivity contribution in [2.75, 3.05) is 6.61 Å². The summed E-state index contributed by atoms with van der Waals surface area (Å²) in [6.07, 6.45) is 7.74. The van der Waals surface area contributed by atoms with Gasteiger partial charge in [-0.2, -0.15) is 0 Å². The fourth-order valence-electron chi connectivity index (χ4n) is 10.5. The van der Waals surface area contributed by atoms with Gasteiger partial charge >= 0.3 is 0 Å². The van der Waals surface area contributed by atoms with Crippen molar-refractivity contribution in [3.05, 3.63) is 12.2 Å². The van der Waals surface area contributed by atoms with Crippen molar-refractivity contribution in [1.82, 2.24) is 0 Å². The number of hydrogen-bond donors (Lipinski definition) is 3. The summed E-state index contributed by atoms with van der Waals surface area (Å²) in [5, 5.41) is 34.3. The third-order valence-electron chi connectivity index (χ3n) is 14.6. The Morgan fingerprint density at radius 1 is 0.962 bits per heavy atom. The minimum Gasteiger partial charge on any atom is -0.392 e. The SMILES string of the molecule is CCC(C(=O)[C@@H](C)[C@@H](O)[C@H](C)[C@@H]1O[C@@H]([C@@H](CC)COI)CC[C@@H]1C)[C@H]1O[C@]2(C=C[C@@H](O)[C@]3(CC[C@@](C)([C@H]4CC[C@](O)(CC)[C@H](C)O4)O3)O2)[C@H](C)C[C@@H]1C. The van der Waals surface area contributed by atoms with Crippen molar-refractivity contribution in [3.63, 3.8) is 0 Å². The van der Waals surface area contributed by atoms with Crippen molar-refractivity contribution < 1.29 is 46.9 Å². The maximum Gasteiger partial charge on any atom is 0.202 e. The summed E-state index contributed by atoms with van der Waals surface area (Å²) < 4.78 is 39.3. The monoisotopic (exact) mass is 862 g/mol. The topological polar surface area (TPSA) is 133 Å². The second-order valence-corrected chi connectivity index (χ2v) is 18.6. The Kier molecular flexibility index (Phi) is 14.4. The molecule has 0 aromatic carbocycles. The number of carbonyl (C=O) groups is 1. The molecule has 0 aromatic rings. The highest BCUT2D eigenvalue weighted by atomic mass is 127. The van der Waals surface area contributed by atoms with Crippen LogP contribution in [0.5, 0.6) is 0 Å². The standard InChI is InChI=1S/C42H71IO10/c1-11-30(23-48-43)32-15-14-24(4)37(50-32)28(8)35(45)27(7)36(46)31(12-2)38-25(5)22-26(6)41(51-38)19-16-33(44)42(53-41)21-20-39(10,52-42)34-17-18-40(47,13-3)29(9)49-34/h16,19,24-35,37-38,44-45,47H,11-15,17-18,20-23H2,1-10H3/t24-,25-,26+,27-,28-,29-,30-,31?,32+,33+,34+,35+,37+,38-,39-,40+,41-,42-/m0/s1. The van der Waals surface area contributed by atoms with Crippen LogP contribution < -0.4 is 0 Å². The van der Waals surface area contributed by atoms with Gasteiger partial charge in [-0.25, -0.2) is 0 Å². The molecule has 5 heterocycles. The van der Waals surface area contributed by atoms with E-state index in [1.807, 2.05) is 70.6 Å². The highest BCUT2D eigenvalue weighted by molar-refractivity contribution is 14.1. The van der Waals surface area contributed by atoms with Crippen molar-refractivity contribution in [1.29, 1.82) is 0 Å². The molecule has 53 heavy (non-hydrogen) atoms. The van der Waals surface area contributed by atoms with Crippen LogP contribution in [0.2, 0.25) is 0 Å². The first-order valence-electron chi connectivity index (χ1n) is 20.9. The molecule has 10 nitrogen and oxygen atoms in total. The van der Waals surface area contributed by atoms with Crippen molar-refractivity contribution in [3.8, 4) is 0 Å². The molecule has 0 aromatic heterocycles. The summed E-state index contributed by atoms with van der Waals surface area (Å²) in [5.74, 6) is -3.31. The van der Waals surface area contributed by atoms with E-state index in [-0.39, 0.29) is 53.9 Å². The molecule has 5 rings (SSSR count). The summed E-state index contributed by atoms with van der Waals surface area (Å²) in [6, 6.07) is 0. The number of carbonyl (C=O) groups excluding carboxylic acids is 1. The molecule has 3 N–H and O–H groups in total. The van der Waals surface area contributed by atoms with Gasteiger partial charge in [0.15, 0.2) is 5.79 Å². The van der Waals surface area contributed by atoms with Crippen molar-refractivity contribution in [2.45, 2.75) is 199 Å². The first-order valence-corrected chi connectivity index (χ1v) is 21.8. The molecule has 0 bridgehead atoms. The van der Waals surface area contributed by atoms with Gasteiger partial charge in [0.25, 0.3) is 0 Å². The Balaban J connectivity index is 1.30. The fraction of sp³-hybridized carbons (Fsp3) is 0.929. The zero-order valence-electron chi connectivity index (χ0n) is 34.1. The predicted molar refractivity (Wildman–Crippen MR) is 211 cm³/mol. The van der Waals surface area contributed by atoms with Gasteiger partial charge in [0.05, 0.1) is 54.4 Å². The lowest BCUT2D eigenvalue weighted by molar-refractivity contribution is -0.409. The Bertz CT molecular complexity index is 1270. The van der Waals surface area contributed by atoms with Crippen LogP contribution in [-0.4, -0.2) is 93.2 Å². The molecule has 5 aliphatic heterocycles. The quantitative estimate of drug-likeness (QED) is 0.127. The number of hydrogen-bond acceptors (Lipinski definition) is 10. The maximum absolute atomic E-state index is 14.5. The smallest absolute Gasteiger partial charge is 0.202 e. The van der Waals surface area contributed by atoms with Gasteiger partial charge in [-0.3, -0.25) is 4.79 Å². The van der Waals surface area contributed by atoms with E-state index in [9.17, 15) is 20.1 Å². The van der Waals surface area contributed by atoms with Crippen LogP contribution in [0.15, 0.2) is 12.2 Å². The molecule has 0 amide bonds. The van der Waals surface area contributed by atoms with Crippen LogP contribution in [0.25, 0.3) is 0 Å². The van der Waals surface area contributed by atoms with Crippen LogP contribution in [0, 0.1) is 41.4 Å². The van der Waals surface area contributed by atoms with Gasteiger partial charge in [0.1, 0.15) is 34.9 Å². The molecule has 18 atom stereocenters. The van der Waals surface area contributed by atoms with Crippen LogP contribution in [0.4, 0.5) is 0 Å². The average molecular weight is 863 g/mol. The zero-order valence-corrected chi connectivity index (χ0v) is 36.3. The number of ether oxygens (including phenoxy) is 5. The Hall–Kier alpha value is -0.220. The number of ketones is 1. The average Bonchev–Trinajstić information content (AvgIpc) is 3.49. The van der Waals surface area contributed by atoms with Crippen LogP contribution in [0.1, 0.15) is 133 Å². The lowest BCUT2D eigenvalue weighted by atomic mass is 9.72. The third kappa shape index (κ3) is 8.51. The Morgan fingerprint density at radius 2 is 1.68 bits per heavy atom. The van der Waals surface area contributed by atoms with Gasteiger partial charge < -0.3 is 42.1 Å². The van der Waals surface area contributed by atoms with E-state index in [0.717, 1.165) is 25.7 Å². The van der Waals surface area contributed by atoms with Gasteiger partial charge in [0.2, 0.25) is 5.79 Å². The molecule has 2 spiro atoms. The summed E-state index contributed by atoms with van der Waals surface area (Å²) in [6.45, 7) is 21.0. The Labute approximate surface area is 333 Å². The summed E-state index contributed by atoms with van der Waals surface area (Å²) >= 11 is 1.95. The Morgan fingerprint density at radius 3 is 2.30 bits per heavy atom. The molecule has 1 unspecified atom stereocenters. The fourth-order valence-corrected chi connectivity index (χ4v) is 11.0. The van der Waals surface area contributed by atoms with Crippen LogP contribution in [0.3, 0.4) is 0 Å². The predicted octanol–water partition coefficient (Wildman–Crippen LogP) is 7.47. The second kappa shape index (κ2) is 17.3. The first kappa shape index (κ1) is 43.9. The number of aliphatic hydroxyl groups excluding tert-OH is 2. The summed E-state index contributed by atoms with van der Waals surface area (Å²) in [7, 11) is 0. The van der Waals surface area contributed by atoms with Crippen molar-refractivity contribution in [2.24, 2.45) is 41.4 Å². The molecular formula is C42H71IO10. The minimum absolute atomic E-state index is 0.00648. The lowest BCUT2D eigenvalue weighted by Gasteiger charge is -2.54. The van der Waals surface area contributed by atoms with E-state index in [2.05, 4.69) is 27.7 Å². The number of rotatable bonds is 13. The minimum atomic E-state index is -1.34. The lowest BCUT2D eigenvalue weighted by Crippen LogP contribution is -2.63. The normalized spacial score (nSPS) is 46.3. The van der Waals surface area contributed by atoms with E-state index in [1.54, 1.807) is 6.08 Å². The summed E-state index contributed by atoms with van der Waals surface area (Å²) in [4.78, 5) is 14.5. The van der Waals surface area contributed by atoms with E-state index in [4.69, 9.17) is 26.8 Å². The highest BCUT2D eigenvalue weighted by Gasteiger charge is 2.63. The van der Waals surface area contributed by atoms with Crippen LogP contribution in [-0.2, 0) is 31.5 Å². The molecule has 0 aliphatic carbocycles. The molecule has 0 saturated carbocycles.